The number of nitrogens with zero attached hydrogens (tertiary/aromatic N) is 1. The highest BCUT2D eigenvalue weighted by Gasteiger charge is 2.25. The first-order valence-electron chi connectivity index (χ1n) is 10.8. The molecule has 0 aliphatic heterocycles. The zero-order valence-electron chi connectivity index (χ0n) is 18.6. The van der Waals surface area contributed by atoms with Gasteiger partial charge in [0.15, 0.2) is 0 Å². The summed E-state index contributed by atoms with van der Waals surface area (Å²) in [6, 6.07) is 15.1. The second kappa shape index (κ2) is 12.8. The molecule has 0 unspecified atom stereocenters. The smallest absolute Gasteiger partial charge is 0.242 e. The van der Waals surface area contributed by atoms with Crippen LogP contribution in [0, 0.1) is 5.82 Å². The summed E-state index contributed by atoms with van der Waals surface area (Å²) in [6.07, 6.45) is 1.75. The SMILES string of the molecule is CC(C)OCCCNC(=O)[C@H](C)N(Cc1ccc(F)cc1)C(=O)CCc1ccccc1. The normalized spacial score (nSPS) is 11.9. The van der Waals surface area contributed by atoms with Gasteiger partial charge in [-0.25, -0.2) is 4.39 Å². The monoisotopic (exact) mass is 428 g/mol. The number of ether oxygens (including phenoxy) is 1. The Morgan fingerprint density at radius 2 is 1.68 bits per heavy atom. The highest BCUT2D eigenvalue weighted by molar-refractivity contribution is 5.87. The van der Waals surface area contributed by atoms with E-state index in [0.29, 0.717) is 32.4 Å². The number of carbonyl (C=O) groups is 2. The highest BCUT2D eigenvalue weighted by atomic mass is 19.1. The minimum Gasteiger partial charge on any atom is -0.379 e. The van der Waals surface area contributed by atoms with Crippen molar-refractivity contribution in [3.63, 3.8) is 0 Å². The molecule has 2 aromatic carbocycles. The summed E-state index contributed by atoms with van der Waals surface area (Å²) in [4.78, 5) is 27.3. The summed E-state index contributed by atoms with van der Waals surface area (Å²) >= 11 is 0. The van der Waals surface area contributed by atoms with Crippen LogP contribution >= 0.6 is 0 Å². The van der Waals surface area contributed by atoms with Crippen molar-refractivity contribution in [3.05, 3.63) is 71.5 Å². The van der Waals surface area contributed by atoms with Crippen LogP contribution < -0.4 is 5.32 Å². The summed E-state index contributed by atoms with van der Waals surface area (Å²) < 4.78 is 18.8. The maximum Gasteiger partial charge on any atom is 0.242 e. The van der Waals surface area contributed by atoms with Gasteiger partial charge in [-0.2, -0.15) is 0 Å². The summed E-state index contributed by atoms with van der Waals surface area (Å²) in [5.74, 6) is -0.654. The van der Waals surface area contributed by atoms with Crippen molar-refractivity contribution >= 4 is 11.8 Å². The zero-order valence-corrected chi connectivity index (χ0v) is 18.6. The minimum absolute atomic E-state index is 0.112. The van der Waals surface area contributed by atoms with Crippen molar-refractivity contribution in [2.45, 2.75) is 58.7 Å². The molecule has 0 radical (unpaired) electrons. The predicted octanol–water partition coefficient (Wildman–Crippen LogP) is 4.11. The van der Waals surface area contributed by atoms with Crippen LogP contribution in [0.4, 0.5) is 4.39 Å². The molecule has 2 aromatic rings. The van der Waals surface area contributed by atoms with Crippen molar-refractivity contribution in [2.75, 3.05) is 13.2 Å². The summed E-state index contributed by atoms with van der Waals surface area (Å²) in [7, 11) is 0. The molecule has 31 heavy (non-hydrogen) atoms. The number of hydrogen-bond donors (Lipinski definition) is 1. The van der Waals surface area contributed by atoms with E-state index in [1.54, 1.807) is 24.0 Å². The van der Waals surface area contributed by atoms with Crippen LogP contribution in [0.5, 0.6) is 0 Å². The van der Waals surface area contributed by atoms with Crippen LogP contribution in [0.25, 0.3) is 0 Å². The topological polar surface area (TPSA) is 58.6 Å². The van der Waals surface area contributed by atoms with Crippen molar-refractivity contribution in [1.82, 2.24) is 10.2 Å². The van der Waals surface area contributed by atoms with Crippen LogP contribution in [0.15, 0.2) is 54.6 Å². The molecule has 0 saturated carbocycles. The Balaban J connectivity index is 2.00. The van der Waals surface area contributed by atoms with Crippen LogP contribution in [-0.2, 0) is 27.3 Å². The second-order valence-corrected chi connectivity index (χ2v) is 7.87. The molecule has 1 N–H and O–H groups in total. The van der Waals surface area contributed by atoms with E-state index in [1.807, 2.05) is 44.2 Å². The highest BCUT2D eigenvalue weighted by Crippen LogP contribution is 2.13. The van der Waals surface area contributed by atoms with Crippen LogP contribution in [0.3, 0.4) is 0 Å². The van der Waals surface area contributed by atoms with Gasteiger partial charge in [0.2, 0.25) is 11.8 Å². The summed E-state index contributed by atoms with van der Waals surface area (Å²) in [6.45, 7) is 6.97. The molecule has 2 rings (SSSR count). The molecule has 168 valence electrons. The third-order valence-corrected chi connectivity index (χ3v) is 4.98. The molecule has 0 saturated heterocycles. The maximum atomic E-state index is 13.3. The Bertz CT molecular complexity index is 809. The second-order valence-electron chi connectivity index (χ2n) is 7.87. The molecule has 0 aliphatic rings. The van der Waals surface area contributed by atoms with E-state index >= 15 is 0 Å². The van der Waals surface area contributed by atoms with Crippen molar-refractivity contribution < 1.29 is 18.7 Å². The number of aryl methyl sites for hydroxylation is 1. The van der Waals surface area contributed by atoms with Gasteiger partial charge in [-0.3, -0.25) is 9.59 Å². The number of nitrogens with one attached hydrogen (secondary N) is 1. The third kappa shape index (κ3) is 8.89. The van der Waals surface area contributed by atoms with Gasteiger partial charge in [0, 0.05) is 26.1 Å². The molecule has 2 amide bonds. The lowest BCUT2D eigenvalue weighted by molar-refractivity contribution is -0.140. The molecule has 0 aliphatic carbocycles. The molecule has 6 heteroatoms. The average molecular weight is 429 g/mol. The van der Waals surface area contributed by atoms with E-state index < -0.39 is 6.04 Å². The van der Waals surface area contributed by atoms with Gasteiger partial charge in [-0.05, 0) is 56.9 Å². The van der Waals surface area contributed by atoms with Crippen molar-refractivity contribution in [1.29, 1.82) is 0 Å². The third-order valence-electron chi connectivity index (χ3n) is 4.98. The average Bonchev–Trinajstić information content (AvgIpc) is 2.76. The Labute approximate surface area is 184 Å². The number of benzene rings is 2. The number of halogens is 1. The summed E-state index contributed by atoms with van der Waals surface area (Å²) in [5, 5.41) is 2.89. The number of rotatable bonds is 12. The van der Waals surface area contributed by atoms with E-state index in [9.17, 15) is 14.0 Å². The molecule has 0 heterocycles. The van der Waals surface area contributed by atoms with Gasteiger partial charge in [0.25, 0.3) is 0 Å². The van der Waals surface area contributed by atoms with E-state index in [0.717, 1.165) is 11.1 Å². The molecular formula is C25H33FN2O3. The van der Waals surface area contributed by atoms with Crippen LogP contribution in [0.2, 0.25) is 0 Å². The molecule has 5 nitrogen and oxygen atoms in total. The number of hydrogen-bond acceptors (Lipinski definition) is 3. The van der Waals surface area contributed by atoms with Gasteiger partial charge < -0.3 is 15.0 Å². The molecular weight excluding hydrogens is 395 g/mol. The Morgan fingerprint density at radius 1 is 1.00 bits per heavy atom. The number of amides is 2. The molecule has 0 bridgehead atoms. The van der Waals surface area contributed by atoms with Gasteiger partial charge in [0.05, 0.1) is 6.10 Å². The van der Waals surface area contributed by atoms with Crippen molar-refractivity contribution in [2.24, 2.45) is 0 Å². The van der Waals surface area contributed by atoms with E-state index in [2.05, 4.69) is 5.32 Å². The first-order valence-corrected chi connectivity index (χ1v) is 10.8. The number of carbonyl (C=O) groups excluding carboxylic acids is 2. The molecule has 1 atom stereocenters. The molecule has 0 spiro atoms. The maximum absolute atomic E-state index is 13.3. The van der Waals surface area contributed by atoms with Gasteiger partial charge in [-0.1, -0.05) is 42.5 Å². The fraction of sp³-hybridized carbons (Fsp3) is 0.440. The lowest BCUT2D eigenvalue weighted by Crippen LogP contribution is -2.48. The minimum atomic E-state index is -0.639. The van der Waals surface area contributed by atoms with Gasteiger partial charge in [-0.15, -0.1) is 0 Å². The van der Waals surface area contributed by atoms with Crippen LogP contribution in [0.1, 0.15) is 44.7 Å². The first kappa shape index (κ1) is 24.5. The Kier molecular flexibility index (Phi) is 10.2. The lowest BCUT2D eigenvalue weighted by atomic mass is 10.1. The van der Waals surface area contributed by atoms with Crippen LogP contribution in [-0.4, -0.2) is 42.0 Å². The Hall–Kier alpha value is -2.73. The standard InChI is InChI=1S/C25H33FN2O3/c1-19(2)31-17-7-16-27-25(30)20(3)28(18-22-10-13-23(26)14-11-22)24(29)15-12-21-8-5-4-6-9-21/h4-6,8-11,13-14,19-20H,7,12,15-18H2,1-3H3,(H,27,30)/t20-/m0/s1. The van der Waals surface area contributed by atoms with Gasteiger partial charge >= 0.3 is 0 Å². The quantitative estimate of drug-likeness (QED) is 0.518. The largest absolute Gasteiger partial charge is 0.379 e. The lowest BCUT2D eigenvalue weighted by Gasteiger charge is -2.29. The summed E-state index contributed by atoms with van der Waals surface area (Å²) in [5.41, 5.74) is 1.85. The molecule has 0 aromatic heterocycles. The van der Waals surface area contributed by atoms with E-state index in [-0.39, 0.29) is 30.3 Å². The Morgan fingerprint density at radius 3 is 2.32 bits per heavy atom. The first-order chi connectivity index (χ1) is 14.9. The van der Waals surface area contributed by atoms with E-state index in [4.69, 9.17) is 4.74 Å². The molecule has 0 fully saturated rings. The van der Waals surface area contributed by atoms with E-state index in [1.165, 1.54) is 12.1 Å². The zero-order chi connectivity index (χ0) is 22.6. The fourth-order valence-electron chi connectivity index (χ4n) is 3.16. The van der Waals surface area contributed by atoms with Crippen molar-refractivity contribution in [3.8, 4) is 0 Å². The predicted molar refractivity (Wildman–Crippen MR) is 120 cm³/mol. The fourth-order valence-corrected chi connectivity index (χ4v) is 3.16. The van der Waals surface area contributed by atoms with Gasteiger partial charge in [0.1, 0.15) is 11.9 Å².